The summed E-state index contributed by atoms with van der Waals surface area (Å²) in [4.78, 5) is 38.5. The predicted octanol–water partition coefficient (Wildman–Crippen LogP) is 7.39. The van der Waals surface area contributed by atoms with Crippen LogP contribution in [-0.4, -0.2) is 117 Å². The zero-order valence-electron chi connectivity index (χ0n) is 33.2. The van der Waals surface area contributed by atoms with Crippen LogP contribution in [0.2, 0.25) is 0 Å². The lowest BCUT2D eigenvalue weighted by Gasteiger charge is -2.24. The molecular weight excluding hydrogens is 683 g/mol. The number of fused-ring (bicyclic) bond motifs is 20. The molecule has 276 valence electrons. The standard InChI is InChI=1S/C44H48N11/c1-53(2,3)23-26-14-17-31-34(20-26)42-48-38-30-13-11-10-12-29(30)37(45-38)46-39-32-18-15-27(24-54(4,5)6)21-35(32)43(50-39)52-44-36-22-28(25-55(7,8)9)16-19-33(36)41(51-44)47-40(31)49-42/h10-22H,23-25H2,1-9H3,(H2,45,46,47,48,49,50,51,52)/q+3. The maximum Gasteiger partial charge on any atom is 0.164 e. The fourth-order valence-corrected chi connectivity index (χ4v) is 7.82. The van der Waals surface area contributed by atoms with E-state index in [1.165, 1.54) is 16.7 Å². The zero-order chi connectivity index (χ0) is 38.4. The second kappa shape index (κ2) is 12.3. The van der Waals surface area contributed by atoms with Crippen LogP contribution in [0.25, 0.3) is 90.4 Å². The van der Waals surface area contributed by atoms with Crippen LogP contribution >= 0.6 is 0 Å². The van der Waals surface area contributed by atoms with Gasteiger partial charge in [-0.15, -0.1) is 0 Å². The summed E-state index contributed by atoms with van der Waals surface area (Å²) in [6, 6.07) is 27.9. The summed E-state index contributed by atoms with van der Waals surface area (Å²) in [5.74, 6) is 3.66. The van der Waals surface area contributed by atoms with Gasteiger partial charge >= 0.3 is 0 Å². The van der Waals surface area contributed by atoms with Crippen molar-refractivity contribution < 1.29 is 13.4 Å². The highest BCUT2D eigenvalue weighted by molar-refractivity contribution is 6.05. The van der Waals surface area contributed by atoms with Crippen LogP contribution in [0.1, 0.15) is 16.7 Å². The fourth-order valence-electron chi connectivity index (χ4n) is 7.82. The lowest BCUT2D eigenvalue weighted by molar-refractivity contribution is -0.884. The normalized spacial score (nSPS) is 13.0. The van der Waals surface area contributed by atoms with Crippen LogP contribution in [0.5, 0.6) is 0 Å². The molecule has 0 spiro atoms. The highest BCUT2D eigenvalue weighted by Crippen LogP contribution is 2.40. The quantitative estimate of drug-likeness (QED) is 0.173. The van der Waals surface area contributed by atoms with Crippen LogP contribution in [0.15, 0.2) is 78.9 Å². The topological polar surface area (TPSA) is 109 Å². The number of nitrogens with zero attached hydrogens (tertiary/aromatic N) is 9. The lowest BCUT2D eigenvalue weighted by atomic mass is 10.0. The van der Waals surface area contributed by atoms with Gasteiger partial charge in [0.1, 0.15) is 36.8 Å². The number of hydrogen-bond donors (Lipinski definition) is 2. The maximum absolute atomic E-state index is 5.33. The third-order valence-electron chi connectivity index (χ3n) is 9.90. The molecule has 6 aromatic rings. The van der Waals surface area contributed by atoms with Gasteiger partial charge in [-0.05, 0) is 30.3 Å². The van der Waals surface area contributed by atoms with Crippen LogP contribution in [0, 0.1) is 0 Å². The lowest BCUT2D eigenvalue weighted by Crippen LogP contribution is -2.33. The Morgan fingerprint density at radius 1 is 0.400 bits per heavy atom. The first kappa shape index (κ1) is 34.9. The minimum atomic E-state index is 0.575. The molecule has 0 unspecified atom stereocenters. The van der Waals surface area contributed by atoms with E-state index >= 15 is 0 Å². The number of quaternary nitrogens is 3. The van der Waals surface area contributed by atoms with Gasteiger partial charge in [0.25, 0.3) is 0 Å². The molecule has 0 saturated carbocycles. The number of rotatable bonds is 6. The van der Waals surface area contributed by atoms with E-state index in [4.69, 9.17) is 29.9 Å². The fraction of sp³-hybridized carbons (Fsp3) is 0.273. The van der Waals surface area contributed by atoms with Crippen molar-refractivity contribution in [2.24, 2.45) is 0 Å². The van der Waals surface area contributed by atoms with Gasteiger partial charge in [-0.3, -0.25) is 0 Å². The van der Waals surface area contributed by atoms with Crippen LogP contribution in [0.4, 0.5) is 0 Å². The zero-order valence-corrected chi connectivity index (χ0v) is 33.2. The van der Waals surface area contributed by atoms with Crippen LogP contribution < -0.4 is 0 Å². The molecule has 3 aliphatic heterocycles. The first-order valence-corrected chi connectivity index (χ1v) is 18.8. The van der Waals surface area contributed by atoms with Gasteiger partial charge in [0.2, 0.25) is 0 Å². The van der Waals surface area contributed by atoms with Crippen molar-refractivity contribution in [1.82, 2.24) is 39.9 Å². The van der Waals surface area contributed by atoms with Crippen molar-refractivity contribution >= 4 is 22.1 Å². The molecule has 5 heterocycles. The maximum atomic E-state index is 5.33. The Morgan fingerprint density at radius 2 is 0.836 bits per heavy atom. The Balaban J connectivity index is 1.38. The van der Waals surface area contributed by atoms with Crippen LogP contribution in [0.3, 0.4) is 0 Å². The van der Waals surface area contributed by atoms with E-state index in [1.54, 1.807) is 0 Å². The highest BCUT2D eigenvalue weighted by Gasteiger charge is 2.27. The number of benzene rings is 4. The summed E-state index contributed by atoms with van der Waals surface area (Å²) in [5.41, 5.74) is 10.8. The molecule has 55 heavy (non-hydrogen) atoms. The van der Waals surface area contributed by atoms with Gasteiger partial charge in [-0.2, -0.15) is 0 Å². The summed E-state index contributed by atoms with van der Waals surface area (Å²) in [5, 5.41) is 2.02. The van der Waals surface area contributed by atoms with E-state index in [0.29, 0.717) is 34.9 Å². The predicted molar refractivity (Wildman–Crippen MR) is 219 cm³/mol. The third-order valence-corrected chi connectivity index (χ3v) is 9.90. The molecule has 11 nitrogen and oxygen atoms in total. The van der Waals surface area contributed by atoms with Crippen molar-refractivity contribution in [3.05, 3.63) is 95.6 Å². The molecule has 9 rings (SSSR count). The third kappa shape index (κ3) is 6.75. The molecule has 2 N–H and O–H groups in total. The van der Waals surface area contributed by atoms with Crippen molar-refractivity contribution in [3.8, 4) is 68.3 Å². The smallest absolute Gasteiger partial charge is 0.164 e. The van der Waals surface area contributed by atoms with Gasteiger partial charge in [0.05, 0.1) is 63.4 Å². The average molecular weight is 731 g/mol. The SMILES string of the molecule is C[N+](C)(C)Cc1ccc2c(c1)-c1nc-2nc2nc(nc3[nH]c([nH]c4nc(n1)-c1ccccc1-4)c1ccc(C[N+](C)(C)C)cc31)-c1cc(C[N+](C)(C)C)ccc1-2. The van der Waals surface area contributed by atoms with Gasteiger partial charge in [0, 0.05) is 60.8 Å². The molecular formula is C44H48N11+3. The molecule has 8 bridgehead atoms. The Kier molecular flexibility index (Phi) is 7.81. The van der Waals surface area contributed by atoms with Gasteiger partial charge in [-0.1, -0.05) is 48.5 Å². The summed E-state index contributed by atoms with van der Waals surface area (Å²) >= 11 is 0. The highest BCUT2D eigenvalue weighted by atomic mass is 15.3. The second-order valence-corrected chi connectivity index (χ2v) is 18.1. The first-order valence-electron chi connectivity index (χ1n) is 18.8. The number of aromatic nitrogens is 8. The van der Waals surface area contributed by atoms with Crippen molar-refractivity contribution in [1.29, 1.82) is 0 Å². The summed E-state index contributed by atoms with van der Waals surface area (Å²) in [6.45, 7) is 2.59. The second-order valence-electron chi connectivity index (χ2n) is 18.1. The Labute approximate surface area is 321 Å². The molecule has 0 amide bonds. The number of nitrogens with one attached hydrogen (secondary N) is 2. The molecule has 3 aliphatic rings. The molecule has 4 aromatic carbocycles. The van der Waals surface area contributed by atoms with E-state index in [9.17, 15) is 0 Å². The van der Waals surface area contributed by atoms with E-state index in [0.717, 1.165) is 88.5 Å². The first-order chi connectivity index (χ1) is 26.0. The van der Waals surface area contributed by atoms with Crippen molar-refractivity contribution in [2.45, 2.75) is 19.6 Å². The Morgan fingerprint density at radius 3 is 1.38 bits per heavy atom. The monoisotopic (exact) mass is 730 g/mol. The van der Waals surface area contributed by atoms with Gasteiger partial charge < -0.3 is 23.4 Å². The molecule has 0 fully saturated rings. The number of H-pyrrole nitrogens is 2. The molecule has 11 heteroatoms. The van der Waals surface area contributed by atoms with Crippen molar-refractivity contribution in [3.63, 3.8) is 0 Å². The van der Waals surface area contributed by atoms with E-state index < -0.39 is 0 Å². The van der Waals surface area contributed by atoms with E-state index in [2.05, 4.69) is 140 Å². The van der Waals surface area contributed by atoms with Gasteiger partial charge in [-0.25, -0.2) is 29.9 Å². The Hall–Kier alpha value is -5.88. The summed E-state index contributed by atoms with van der Waals surface area (Å²) in [6.07, 6.45) is 0. The van der Waals surface area contributed by atoms with E-state index in [1.807, 2.05) is 12.1 Å². The molecule has 0 aliphatic carbocycles. The summed E-state index contributed by atoms with van der Waals surface area (Å²) < 4.78 is 2.40. The Bertz CT molecular complexity index is 2750. The molecule has 0 saturated heterocycles. The minimum absolute atomic E-state index is 0.575. The van der Waals surface area contributed by atoms with E-state index in [-0.39, 0.29) is 0 Å². The number of hydrogen-bond acceptors (Lipinski definition) is 6. The minimum Gasteiger partial charge on any atom is -0.327 e. The van der Waals surface area contributed by atoms with Crippen molar-refractivity contribution in [2.75, 3.05) is 63.4 Å². The van der Waals surface area contributed by atoms with Gasteiger partial charge in [0.15, 0.2) is 29.1 Å². The van der Waals surface area contributed by atoms with Crippen LogP contribution in [-0.2, 0) is 19.6 Å². The average Bonchev–Trinajstić information content (AvgIpc) is 3.81. The molecule has 2 aromatic heterocycles. The molecule has 0 radical (unpaired) electrons. The summed E-state index contributed by atoms with van der Waals surface area (Å²) in [7, 11) is 19.8. The molecule has 0 atom stereocenters. The number of aromatic amines is 2. The largest absolute Gasteiger partial charge is 0.327 e.